The summed E-state index contributed by atoms with van der Waals surface area (Å²) in [5.74, 6) is 0.0880. The highest BCUT2D eigenvalue weighted by Crippen LogP contribution is 2.22. The fourth-order valence-corrected chi connectivity index (χ4v) is 2.41. The van der Waals surface area contributed by atoms with Crippen molar-refractivity contribution in [1.82, 2.24) is 0 Å². The summed E-state index contributed by atoms with van der Waals surface area (Å²) in [5, 5.41) is 0. The molecule has 1 heterocycles. The van der Waals surface area contributed by atoms with Gasteiger partial charge in [0.1, 0.15) is 0 Å². The van der Waals surface area contributed by atoms with E-state index in [-0.39, 0.29) is 5.78 Å². The van der Waals surface area contributed by atoms with Gasteiger partial charge in [0, 0.05) is 11.1 Å². The zero-order chi connectivity index (χ0) is 13.2. The van der Waals surface area contributed by atoms with Crippen LogP contribution in [0.1, 0.15) is 39.5 Å². The van der Waals surface area contributed by atoms with Crippen LogP contribution in [0.2, 0.25) is 0 Å². The molecule has 0 bridgehead atoms. The van der Waals surface area contributed by atoms with Gasteiger partial charge in [0.25, 0.3) is 0 Å². The van der Waals surface area contributed by atoms with Crippen LogP contribution >= 0.6 is 0 Å². The van der Waals surface area contributed by atoms with Crippen LogP contribution in [0.3, 0.4) is 0 Å². The molecule has 3 rings (SSSR count). The van der Waals surface area contributed by atoms with Crippen molar-refractivity contribution in [2.75, 3.05) is 0 Å². The van der Waals surface area contributed by atoms with Crippen LogP contribution < -0.4 is 0 Å². The van der Waals surface area contributed by atoms with E-state index in [0.717, 1.165) is 23.1 Å². The number of hydrogen-bond donors (Lipinski definition) is 0. The van der Waals surface area contributed by atoms with Gasteiger partial charge in [0.2, 0.25) is 0 Å². The van der Waals surface area contributed by atoms with Crippen LogP contribution in [-0.2, 0) is 24.4 Å². The lowest BCUT2D eigenvalue weighted by molar-refractivity contribution is 0.103. The van der Waals surface area contributed by atoms with Crippen molar-refractivity contribution in [3.05, 3.63) is 70.3 Å². The lowest BCUT2D eigenvalue weighted by Gasteiger charge is -2.05. The highest BCUT2D eigenvalue weighted by Gasteiger charge is 2.15. The summed E-state index contributed by atoms with van der Waals surface area (Å²) < 4.78 is 5.38. The number of ether oxygens (including phenoxy) is 1. The van der Waals surface area contributed by atoms with E-state index in [2.05, 4.69) is 6.92 Å². The van der Waals surface area contributed by atoms with E-state index in [9.17, 15) is 4.79 Å². The lowest BCUT2D eigenvalue weighted by atomic mass is 9.98. The number of aryl methyl sites for hydroxylation is 1. The molecule has 0 spiro atoms. The molecule has 2 nitrogen and oxygen atoms in total. The monoisotopic (exact) mass is 252 g/mol. The van der Waals surface area contributed by atoms with Gasteiger partial charge in [-0.15, -0.1) is 0 Å². The van der Waals surface area contributed by atoms with Gasteiger partial charge >= 0.3 is 0 Å². The van der Waals surface area contributed by atoms with E-state index in [0.29, 0.717) is 13.2 Å². The molecule has 2 aromatic rings. The summed E-state index contributed by atoms with van der Waals surface area (Å²) >= 11 is 0. The van der Waals surface area contributed by atoms with Gasteiger partial charge in [-0.1, -0.05) is 37.3 Å². The zero-order valence-electron chi connectivity index (χ0n) is 11.0. The maximum Gasteiger partial charge on any atom is 0.193 e. The molecule has 1 aliphatic rings. The Balaban J connectivity index is 1.95. The second-order valence-corrected chi connectivity index (χ2v) is 4.86. The van der Waals surface area contributed by atoms with E-state index in [1.807, 2.05) is 42.5 Å². The Bertz CT molecular complexity index is 629. The van der Waals surface area contributed by atoms with E-state index in [4.69, 9.17) is 4.74 Å². The second-order valence-electron chi connectivity index (χ2n) is 4.86. The summed E-state index contributed by atoms with van der Waals surface area (Å²) in [6, 6.07) is 13.7. The zero-order valence-corrected chi connectivity index (χ0v) is 11.0. The summed E-state index contributed by atoms with van der Waals surface area (Å²) in [6.07, 6.45) is 0.944. The Hall–Kier alpha value is -1.93. The molecule has 0 saturated heterocycles. The molecular formula is C17H16O2. The second kappa shape index (κ2) is 4.98. The molecule has 0 aromatic heterocycles. The van der Waals surface area contributed by atoms with Crippen molar-refractivity contribution in [3.8, 4) is 0 Å². The third-order valence-corrected chi connectivity index (χ3v) is 3.58. The third-order valence-electron chi connectivity index (χ3n) is 3.58. The van der Waals surface area contributed by atoms with E-state index in [1.165, 1.54) is 11.1 Å². The number of fused-ring (bicyclic) bond motifs is 1. The molecule has 2 aromatic carbocycles. The molecule has 96 valence electrons. The molecule has 0 N–H and O–H groups in total. The Morgan fingerprint density at radius 1 is 1.05 bits per heavy atom. The Morgan fingerprint density at radius 3 is 2.68 bits per heavy atom. The van der Waals surface area contributed by atoms with E-state index in [1.54, 1.807) is 0 Å². The molecular weight excluding hydrogens is 236 g/mol. The first kappa shape index (κ1) is 12.1. The van der Waals surface area contributed by atoms with Crippen molar-refractivity contribution in [2.45, 2.75) is 26.6 Å². The van der Waals surface area contributed by atoms with Gasteiger partial charge < -0.3 is 4.74 Å². The SMILES string of the molecule is CCc1cccc(C(=O)c2ccc3c(c2)COC3)c1. The Labute approximate surface area is 113 Å². The number of ketones is 1. The van der Waals surface area contributed by atoms with Gasteiger partial charge in [0.15, 0.2) is 5.78 Å². The van der Waals surface area contributed by atoms with Crippen LogP contribution in [0.5, 0.6) is 0 Å². The van der Waals surface area contributed by atoms with Gasteiger partial charge in [-0.25, -0.2) is 0 Å². The average molecular weight is 252 g/mol. The Morgan fingerprint density at radius 2 is 1.84 bits per heavy atom. The molecule has 0 aliphatic carbocycles. The minimum atomic E-state index is 0.0880. The average Bonchev–Trinajstić information content (AvgIpc) is 2.94. The number of carbonyl (C=O) groups is 1. The number of rotatable bonds is 3. The van der Waals surface area contributed by atoms with Crippen molar-refractivity contribution in [2.24, 2.45) is 0 Å². The van der Waals surface area contributed by atoms with Crippen LogP contribution in [0.15, 0.2) is 42.5 Å². The fraction of sp³-hybridized carbons (Fsp3) is 0.235. The topological polar surface area (TPSA) is 26.3 Å². The minimum Gasteiger partial charge on any atom is -0.372 e. The third kappa shape index (κ3) is 2.32. The van der Waals surface area contributed by atoms with Crippen molar-refractivity contribution in [3.63, 3.8) is 0 Å². The highest BCUT2D eigenvalue weighted by atomic mass is 16.5. The van der Waals surface area contributed by atoms with E-state index < -0.39 is 0 Å². The first-order valence-electron chi connectivity index (χ1n) is 6.61. The molecule has 0 atom stereocenters. The molecule has 0 saturated carbocycles. The van der Waals surface area contributed by atoms with Gasteiger partial charge in [-0.05, 0) is 35.2 Å². The molecule has 0 unspecified atom stereocenters. The van der Waals surface area contributed by atoms with Gasteiger partial charge in [-0.3, -0.25) is 4.79 Å². The quantitative estimate of drug-likeness (QED) is 0.781. The maximum absolute atomic E-state index is 12.5. The highest BCUT2D eigenvalue weighted by molar-refractivity contribution is 6.09. The maximum atomic E-state index is 12.5. The smallest absolute Gasteiger partial charge is 0.193 e. The molecule has 19 heavy (non-hydrogen) atoms. The number of hydrogen-bond acceptors (Lipinski definition) is 2. The van der Waals surface area contributed by atoms with Crippen LogP contribution in [0.4, 0.5) is 0 Å². The summed E-state index contributed by atoms with van der Waals surface area (Å²) in [6.45, 7) is 3.37. The largest absolute Gasteiger partial charge is 0.372 e. The first-order valence-corrected chi connectivity index (χ1v) is 6.61. The molecule has 0 fully saturated rings. The van der Waals surface area contributed by atoms with E-state index >= 15 is 0 Å². The minimum absolute atomic E-state index is 0.0880. The van der Waals surface area contributed by atoms with Crippen molar-refractivity contribution in [1.29, 1.82) is 0 Å². The van der Waals surface area contributed by atoms with Crippen molar-refractivity contribution < 1.29 is 9.53 Å². The van der Waals surface area contributed by atoms with Gasteiger partial charge in [-0.2, -0.15) is 0 Å². The molecule has 0 radical (unpaired) electrons. The van der Waals surface area contributed by atoms with Crippen LogP contribution in [0.25, 0.3) is 0 Å². The summed E-state index contributed by atoms with van der Waals surface area (Å²) in [5.41, 5.74) is 5.03. The van der Waals surface area contributed by atoms with Crippen molar-refractivity contribution >= 4 is 5.78 Å². The first-order chi connectivity index (χ1) is 9.28. The molecule has 2 heteroatoms. The fourth-order valence-electron chi connectivity index (χ4n) is 2.41. The summed E-state index contributed by atoms with van der Waals surface area (Å²) in [4.78, 5) is 12.5. The predicted octanol–water partition coefficient (Wildman–Crippen LogP) is 3.51. The lowest BCUT2D eigenvalue weighted by Crippen LogP contribution is -2.03. The predicted molar refractivity (Wildman–Crippen MR) is 74.2 cm³/mol. The van der Waals surface area contributed by atoms with Crippen LogP contribution in [0, 0.1) is 0 Å². The Kier molecular flexibility index (Phi) is 3.18. The van der Waals surface area contributed by atoms with Crippen LogP contribution in [-0.4, -0.2) is 5.78 Å². The standard InChI is InChI=1S/C17H16O2/c1-2-12-4-3-5-13(8-12)17(18)14-6-7-15-10-19-11-16(15)9-14/h3-9H,2,10-11H2,1H3. The number of carbonyl (C=O) groups excluding carboxylic acids is 1. The summed E-state index contributed by atoms with van der Waals surface area (Å²) in [7, 11) is 0. The molecule has 1 aliphatic heterocycles. The van der Waals surface area contributed by atoms with Gasteiger partial charge in [0.05, 0.1) is 13.2 Å². The number of benzene rings is 2. The normalized spacial score (nSPS) is 13.3. The molecule has 0 amide bonds.